The molecule has 2 fully saturated rings. The number of carbonyl (C=O) groups excluding carboxylic acids is 1. The smallest absolute Gasteiger partial charge is 0.178 e. The molecular weight excluding hydrogens is 276 g/mol. The zero-order chi connectivity index (χ0) is 14.3. The van der Waals surface area contributed by atoms with Crippen LogP contribution in [0.3, 0.4) is 0 Å². The van der Waals surface area contributed by atoms with Gasteiger partial charge in [0, 0.05) is 19.0 Å². The summed E-state index contributed by atoms with van der Waals surface area (Å²) < 4.78 is 11.0. The average Bonchev–Trinajstić information content (AvgIpc) is 3.22. The molecule has 0 amide bonds. The molecule has 1 atom stereocenters. The molecule has 110 valence electrons. The Labute approximate surface area is 122 Å². The molecule has 1 aliphatic heterocycles. The fraction of sp³-hybridized carbons (Fsp3) is 0.643. The molecule has 20 heavy (non-hydrogen) atoms. The van der Waals surface area contributed by atoms with Crippen LogP contribution in [0.4, 0.5) is 10.7 Å². The van der Waals surface area contributed by atoms with Crippen molar-refractivity contribution in [3.63, 3.8) is 0 Å². The first-order valence-electron chi connectivity index (χ1n) is 6.98. The van der Waals surface area contributed by atoms with Gasteiger partial charge in [-0.15, -0.1) is 11.3 Å². The van der Waals surface area contributed by atoms with Gasteiger partial charge in [-0.2, -0.15) is 0 Å². The number of carbonyl (C=O) groups is 1. The van der Waals surface area contributed by atoms with Crippen LogP contribution in [0.1, 0.15) is 29.4 Å². The quantitative estimate of drug-likeness (QED) is 0.863. The molecule has 1 saturated heterocycles. The van der Waals surface area contributed by atoms with E-state index >= 15 is 0 Å². The number of hydrogen-bond donors (Lipinski definition) is 1. The van der Waals surface area contributed by atoms with E-state index in [0.717, 1.165) is 30.9 Å². The number of morpholine rings is 1. The van der Waals surface area contributed by atoms with Crippen molar-refractivity contribution in [2.75, 3.05) is 37.4 Å². The number of thiophene rings is 1. The molecule has 0 spiro atoms. The third kappa shape index (κ3) is 2.38. The van der Waals surface area contributed by atoms with E-state index in [1.165, 1.54) is 11.3 Å². The third-order valence-electron chi connectivity index (χ3n) is 3.79. The van der Waals surface area contributed by atoms with Crippen LogP contribution >= 0.6 is 11.3 Å². The van der Waals surface area contributed by atoms with E-state index < -0.39 is 0 Å². The predicted octanol–water partition coefficient (Wildman–Crippen LogP) is 2.16. The molecule has 1 unspecified atom stereocenters. The summed E-state index contributed by atoms with van der Waals surface area (Å²) in [5.74, 6) is 1.00. The summed E-state index contributed by atoms with van der Waals surface area (Å²) in [4.78, 5) is 15.2. The molecule has 0 radical (unpaired) electrons. The molecule has 1 aromatic rings. The number of ketones is 1. The summed E-state index contributed by atoms with van der Waals surface area (Å²) in [7, 11) is 1.61. The van der Waals surface area contributed by atoms with Gasteiger partial charge < -0.3 is 20.1 Å². The summed E-state index contributed by atoms with van der Waals surface area (Å²) in [6, 6.07) is 0. The molecule has 0 bridgehead atoms. The van der Waals surface area contributed by atoms with E-state index in [9.17, 15) is 4.79 Å². The SMILES string of the molecule is COc1c(N2CCOC(C)C2)sc(C(=O)C2CC2)c1N. The monoisotopic (exact) mass is 296 g/mol. The lowest BCUT2D eigenvalue weighted by Crippen LogP contribution is -2.40. The second kappa shape index (κ2) is 5.26. The second-order valence-electron chi connectivity index (χ2n) is 5.45. The number of anilines is 2. The van der Waals surface area contributed by atoms with Crippen LogP contribution in [0.15, 0.2) is 0 Å². The van der Waals surface area contributed by atoms with Crippen molar-refractivity contribution in [3.05, 3.63) is 4.88 Å². The Morgan fingerprint density at radius 3 is 2.85 bits per heavy atom. The largest absolute Gasteiger partial charge is 0.492 e. The number of ether oxygens (including phenoxy) is 2. The van der Waals surface area contributed by atoms with Crippen LogP contribution in [0.25, 0.3) is 0 Å². The van der Waals surface area contributed by atoms with Gasteiger partial charge >= 0.3 is 0 Å². The van der Waals surface area contributed by atoms with Gasteiger partial charge in [0.15, 0.2) is 11.5 Å². The molecule has 2 aliphatic rings. The van der Waals surface area contributed by atoms with E-state index in [2.05, 4.69) is 4.90 Å². The Kier molecular flexibility index (Phi) is 3.60. The molecule has 0 aromatic carbocycles. The number of nitrogens with two attached hydrogens (primary N) is 1. The van der Waals surface area contributed by atoms with E-state index in [-0.39, 0.29) is 17.8 Å². The van der Waals surface area contributed by atoms with Crippen molar-refractivity contribution in [2.45, 2.75) is 25.9 Å². The molecule has 1 aliphatic carbocycles. The van der Waals surface area contributed by atoms with Crippen molar-refractivity contribution in [1.82, 2.24) is 0 Å². The highest BCUT2D eigenvalue weighted by molar-refractivity contribution is 7.19. The predicted molar refractivity (Wildman–Crippen MR) is 80.0 cm³/mol. The van der Waals surface area contributed by atoms with Gasteiger partial charge in [0.1, 0.15) is 5.00 Å². The minimum absolute atomic E-state index is 0.178. The third-order valence-corrected chi connectivity index (χ3v) is 5.05. The summed E-state index contributed by atoms with van der Waals surface area (Å²) in [6.45, 7) is 4.34. The van der Waals surface area contributed by atoms with Crippen molar-refractivity contribution in [3.8, 4) is 5.75 Å². The van der Waals surface area contributed by atoms with Gasteiger partial charge in [-0.05, 0) is 19.8 Å². The standard InChI is InChI=1S/C14H20N2O3S/c1-8-7-16(5-6-19-8)14-12(18-2)10(15)13(20-14)11(17)9-3-4-9/h8-9H,3-7,15H2,1-2H3. The Balaban J connectivity index is 1.93. The maximum Gasteiger partial charge on any atom is 0.178 e. The molecule has 1 aromatic heterocycles. The number of nitrogens with zero attached hydrogens (tertiary/aromatic N) is 1. The number of methoxy groups -OCH3 is 1. The topological polar surface area (TPSA) is 64.8 Å². The number of nitrogen functional groups attached to an aromatic ring is 1. The Hall–Kier alpha value is -1.27. The average molecular weight is 296 g/mol. The fourth-order valence-corrected chi connectivity index (χ4v) is 3.78. The molecule has 2 N–H and O–H groups in total. The van der Waals surface area contributed by atoms with Crippen molar-refractivity contribution in [1.29, 1.82) is 0 Å². The number of hydrogen-bond acceptors (Lipinski definition) is 6. The Morgan fingerprint density at radius 2 is 2.25 bits per heavy atom. The molecule has 5 nitrogen and oxygen atoms in total. The summed E-state index contributed by atoms with van der Waals surface area (Å²) in [5.41, 5.74) is 6.63. The highest BCUT2D eigenvalue weighted by atomic mass is 32.1. The number of rotatable bonds is 4. The van der Waals surface area contributed by atoms with Crippen molar-refractivity contribution in [2.24, 2.45) is 5.92 Å². The summed E-state index contributed by atoms with van der Waals surface area (Å²) in [6.07, 6.45) is 2.16. The van der Waals surface area contributed by atoms with Crippen LogP contribution in [0, 0.1) is 5.92 Å². The normalized spacial score (nSPS) is 22.9. The van der Waals surface area contributed by atoms with Crippen molar-refractivity contribution < 1.29 is 14.3 Å². The van der Waals surface area contributed by atoms with Crippen LogP contribution in [0.5, 0.6) is 5.75 Å². The Morgan fingerprint density at radius 1 is 1.50 bits per heavy atom. The van der Waals surface area contributed by atoms with Gasteiger partial charge in [-0.3, -0.25) is 4.79 Å². The summed E-state index contributed by atoms with van der Waals surface area (Å²) >= 11 is 1.47. The molecule has 1 saturated carbocycles. The van der Waals surface area contributed by atoms with Gasteiger partial charge in [-0.1, -0.05) is 0 Å². The van der Waals surface area contributed by atoms with Gasteiger partial charge in [0.05, 0.1) is 30.4 Å². The lowest BCUT2D eigenvalue weighted by atomic mass is 10.2. The van der Waals surface area contributed by atoms with E-state index in [1.807, 2.05) is 6.92 Å². The van der Waals surface area contributed by atoms with Gasteiger partial charge in [0.2, 0.25) is 0 Å². The van der Waals surface area contributed by atoms with Crippen molar-refractivity contribution >= 4 is 27.8 Å². The van der Waals surface area contributed by atoms with Crippen LogP contribution in [-0.2, 0) is 4.74 Å². The zero-order valence-corrected chi connectivity index (χ0v) is 12.7. The Bertz CT molecular complexity index is 525. The minimum Gasteiger partial charge on any atom is -0.492 e. The van der Waals surface area contributed by atoms with Crippen LogP contribution < -0.4 is 15.4 Å². The first kappa shape index (κ1) is 13.7. The minimum atomic E-state index is 0.178. The molecule has 2 heterocycles. The van der Waals surface area contributed by atoms with E-state index in [4.69, 9.17) is 15.2 Å². The molecular formula is C14H20N2O3S. The highest BCUT2D eigenvalue weighted by Crippen LogP contribution is 2.47. The fourth-order valence-electron chi connectivity index (χ4n) is 2.54. The molecule has 3 rings (SSSR count). The lowest BCUT2D eigenvalue weighted by molar-refractivity contribution is 0.0533. The summed E-state index contributed by atoms with van der Waals surface area (Å²) in [5, 5.41) is 0.962. The number of Topliss-reactive ketones (excluding diaryl/α,β-unsaturated/α-hetero) is 1. The van der Waals surface area contributed by atoms with E-state index in [1.54, 1.807) is 7.11 Å². The second-order valence-corrected chi connectivity index (χ2v) is 6.45. The van der Waals surface area contributed by atoms with E-state index in [0.29, 0.717) is 22.9 Å². The zero-order valence-electron chi connectivity index (χ0n) is 11.8. The molecule has 6 heteroatoms. The maximum atomic E-state index is 12.3. The van der Waals surface area contributed by atoms with Gasteiger partial charge in [-0.25, -0.2) is 0 Å². The van der Waals surface area contributed by atoms with Crippen LogP contribution in [-0.4, -0.2) is 38.7 Å². The lowest BCUT2D eigenvalue weighted by Gasteiger charge is -2.32. The maximum absolute atomic E-state index is 12.3. The highest BCUT2D eigenvalue weighted by Gasteiger charge is 2.35. The van der Waals surface area contributed by atoms with Crippen LogP contribution in [0.2, 0.25) is 0 Å². The van der Waals surface area contributed by atoms with Gasteiger partial charge in [0.25, 0.3) is 0 Å². The first-order valence-corrected chi connectivity index (χ1v) is 7.80. The first-order chi connectivity index (χ1) is 9.61.